The van der Waals surface area contributed by atoms with E-state index in [1.165, 1.54) is 0 Å². The van der Waals surface area contributed by atoms with Crippen LogP contribution in [-0.2, 0) is 7.05 Å². The lowest BCUT2D eigenvalue weighted by molar-refractivity contribution is 0.776. The predicted octanol–water partition coefficient (Wildman–Crippen LogP) is 3.21. The van der Waals surface area contributed by atoms with Gasteiger partial charge in [0.2, 0.25) is 0 Å². The third kappa shape index (κ3) is 1.95. The molecule has 0 unspecified atom stereocenters. The first kappa shape index (κ1) is 12.6. The van der Waals surface area contributed by atoms with Crippen LogP contribution in [0.15, 0.2) is 55.0 Å². The van der Waals surface area contributed by atoms with Crippen molar-refractivity contribution < 1.29 is 0 Å². The fourth-order valence-corrected chi connectivity index (χ4v) is 2.69. The summed E-state index contributed by atoms with van der Waals surface area (Å²) in [4.78, 5) is 7.74. The Balaban J connectivity index is 1.90. The van der Waals surface area contributed by atoms with E-state index in [4.69, 9.17) is 5.73 Å². The van der Waals surface area contributed by atoms with Crippen molar-refractivity contribution in [2.45, 2.75) is 0 Å². The molecule has 3 N–H and O–H groups in total. The van der Waals surface area contributed by atoms with Gasteiger partial charge in [0.05, 0.1) is 5.69 Å². The average molecular weight is 289 g/mol. The Morgan fingerprint density at radius 3 is 2.64 bits per heavy atom. The number of pyridine rings is 1. The van der Waals surface area contributed by atoms with Crippen LogP contribution < -0.4 is 5.73 Å². The number of aryl methyl sites for hydroxylation is 1. The minimum Gasteiger partial charge on any atom is -0.399 e. The molecule has 5 nitrogen and oxygen atoms in total. The number of aromatic amines is 1. The number of nitrogen functional groups attached to an aromatic ring is 1. The second kappa shape index (κ2) is 4.73. The zero-order valence-electron chi connectivity index (χ0n) is 12.1. The Kier molecular flexibility index (Phi) is 2.72. The van der Waals surface area contributed by atoms with Crippen LogP contribution >= 0.6 is 0 Å². The summed E-state index contributed by atoms with van der Waals surface area (Å²) in [5.74, 6) is 0. The summed E-state index contributed by atoms with van der Waals surface area (Å²) in [6, 6.07) is 12.0. The third-order valence-electron chi connectivity index (χ3n) is 3.87. The van der Waals surface area contributed by atoms with E-state index < -0.39 is 0 Å². The van der Waals surface area contributed by atoms with E-state index in [0.717, 1.165) is 39.1 Å². The van der Waals surface area contributed by atoms with Crippen molar-refractivity contribution >= 4 is 16.7 Å². The number of fused-ring (bicyclic) bond motifs is 1. The lowest BCUT2D eigenvalue weighted by Crippen LogP contribution is -1.92. The number of hydrogen-bond donors (Lipinski definition) is 2. The van der Waals surface area contributed by atoms with Crippen LogP contribution in [0.1, 0.15) is 0 Å². The van der Waals surface area contributed by atoms with Gasteiger partial charge in [0.15, 0.2) is 0 Å². The maximum atomic E-state index is 5.75. The van der Waals surface area contributed by atoms with E-state index in [1.807, 2.05) is 54.5 Å². The van der Waals surface area contributed by atoms with E-state index in [2.05, 4.69) is 21.1 Å². The SMILES string of the molecule is Cn1nccc1-c1c[nH]c2ncc(-c3ccc(N)cc3)cc12. The first-order chi connectivity index (χ1) is 10.7. The summed E-state index contributed by atoms with van der Waals surface area (Å²) in [5.41, 5.74) is 11.7. The molecule has 0 aliphatic heterocycles. The van der Waals surface area contributed by atoms with Crippen molar-refractivity contribution in [3.63, 3.8) is 0 Å². The third-order valence-corrected chi connectivity index (χ3v) is 3.87. The molecule has 0 amide bonds. The Bertz CT molecular complexity index is 947. The van der Waals surface area contributed by atoms with Gasteiger partial charge in [-0.25, -0.2) is 4.98 Å². The molecule has 4 rings (SSSR count). The normalized spacial score (nSPS) is 11.1. The van der Waals surface area contributed by atoms with Crippen molar-refractivity contribution in [2.24, 2.45) is 7.05 Å². The van der Waals surface area contributed by atoms with Gasteiger partial charge in [0, 0.05) is 47.8 Å². The van der Waals surface area contributed by atoms with Gasteiger partial charge in [-0.3, -0.25) is 4.68 Å². The maximum Gasteiger partial charge on any atom is 0.137 e. The van der Waals surface area contributed by atoms with Gasteiger partial charge in [-0.15, -0.1) is 0 Å². The van der Waals surface area contributed by atoms with E-state index in [-0.39, 0.29) is 0 Å². The molecule has 4 aromatic rings. The first-order valence-corrected chi connectivity index (χ1v) is 7.04. The summed E-state index contributed by atoms with van der Waals surface area (Å²) in [6.07, 6.45) is 5.64. The summed E-state index contributed by atoms with van der Waals surface area (Å²) in [6.45, 7) is 0. The van der Waals surface area contributed by atoms with E-state index >= 15 is 0 Å². The minimum absolute atomic E-state index is 0.759. The topological polar surface area (TPSA) is 72.5 Å². The Morgan fingerprint density at radius 2 is 1.91 bits per heavy atom. The number of H-pyrrole nitrogens is 1. The molecule has 0 spiro atoms. The number of nitrogens with two attached hydrogens (primary N) is 1. The summed E-state index contributed by atoms with van der Waals surface area (Å²) >= 11 is 0. The number of nitrogens with one attached hydrogen (secondary N) is 1. The van der Waals surface area contributed by atoms with Gasteiger partial charge < -0.3 is 10.7 Å². The molecule has 108 valence electrons. The highest BCUT2D eigenvalue weighted by atomic mass is 15.3. The number of hydrogen-bond acceptors (Lipinski definition) is 3. The van der Waals surface area contributed by atoms with E-state index in [9.17, 15) is 0 Å². The maximum absolute atomic E-state index is 5.75. The van der Waals surface area contributed by atoms with Gasteiger partial charge in [-0.05, 0) is 29.8 Å². The fourth-order valence-electron chi connectivity index (χ4n) is 2.69. The Labute approximate surface area is 127 Å². The molecular weight excluding hydrogens is 274 g/mol. The predicted molar refractivity (Wildman–Crippen MR) is 88.1 cm³/mol. The Hall–Kier alpha value is -3.08. The van der Waals surface area contributed by atoms with Gasteiger partial charge >= 0.3 is 0 Å². The number of anilines is 1. The number of rotatable bonds is 2. The van der Waals surface area contributed by atoms with Crippen LogP contribution in [0.25, 0.3) is 33.4 Å². The van der Waals surface area contributed by atoms with Crippen LogP contribution in [-0.4, -0.2) is 19.7 Å². The van der Waals surface area contributed by atoms with Gasteiger partial charge in [0.25, 0.3) is 0 Å². The zero-order valence-corrected chi connectivity index (χ0v) is 12.1. The van der Waals surface area contributed by atoms with Crippen LogP contribution in [0.3, 0.4) is 0 Å². The summed E-state index contributed by atoms with van der Waals surface area (Å²) in [7, 11) is 1.94. The smallest absolute Gasteiger partial charge is 0.137 e. The molecule has 0 aliphatic rings. The number of nitrogens with zero attached hydrogens (tertiary/aromatic N) is 3. The van der Waals surface area contributed by atoms with E-state index in [0.29, 0.717) is 0 Å². The van der Waals surface area contributed by atoms with Crippen molar-refractivity contribution in [3.8, 4) is 22.4 Å². The van der Waals surface area contributed by atoms with E-state index in [1.54, 1.807) is 6.20 Å². The van der Waals surface area contributed by atoms with Crippen molar-refractivity contribution in [2.75, 3.05) is 5.73 Å². The summed E-state index contributed by atoms with van der Waals surface area (Å²) < 4.78 is 1.86. The molecule has 0 radical (unpaired) electrons. The van der Waals surface area contributed by atoms with Crippen molar-refractivity contribution in [1.29, 1.82) is 0 Å². The van der Waals surface area contributed by atoms with Gasteiger partial charge in [-0.1, -0.05) is 12.1 Å². The van der Waals surface area contributed by atoms with Crippen LogP contribution in [0.2, 0.25) is 0 Å². The van der Waals surface area contributed by atoms with Gasteiger partial charge in [-0.2, -0.15) is 5.10 Å². The molecule has 0 aliphatic carbocycles. The lowest BCUT2D eigenvalue weighted by atomic mass is 10.0. The molecule has 0 atom stereocenters. The van der Waals surface area contributed by atoms with Gasteiger partial charge in [0.1, 0.15) is 5.65 Å². The quantitative estimate of drug-likeness (QED) is 0.556. The highest BCUT2D eigenvalue weighted by molar-refractivity contribution is 5.95. The first-order valence-electron chi connectivity index (χ1n) is 7.04. The molecule has 0 bridgehead atoms. The largest absolute Gasteiger partial charge is 0.399 e. The number of benzene rings is 1. The fraction of sp³-hybridized carbons (Fsp3) is 0.0588. The minimum atomic E-state index is 0.759. The molecule has 22 heavy (non-hydrogen) atoms. The standard InChI is InChI=1S/C17H15N5/c1-22-16(6-7-21-22)15-10-20-17-14(15)8-12(9-19-17)11-2-4-13(18)5-3-11/h2-10H,18H2,1H3,(H,19,20). The monoisotopic (exact) mass is 289 g/mol. The highest BCUT2D eigenvalue weighted by Gasteiger charge is 2.11. The van der Waals surface area contributed by atoms with Crippen LogP contribution in [0.5, 0.6) is 0 Å². The van der Waals surface area contributed by atoms with Crippen molar-refractivity contribution in [3.05, 3.63) is 55.0 Å². The molecular formula is C17H15N5. The van der Waals surface area contributed by atoms with Crippen molar-refractivity contribution in [1.82, 2.24) is 19.7 Å². The second-order valence-corrected chi connectivity index (χ2v) is 5.28. The zero-order chi connectivity index (χ0) is 15.1. The molecule has 0 saturated heterocycles. The molecule has 0 fully saturated rings. The molecule has 0 saturated carbocycles. The average Bonchev–Trinajstić information content (AvgIpc) is 3.13. The Morgan fingerprint density at radius 1 is 1.09 bits per heavy atom. The van der Waals surface area contributed by atoms with Crippen LogP contribution in [0, 0.1) is 0 Å². The highest BCUT2D eigenvalue weighted by Crippen LogP contribution is 2.30. The molecule has 3 aromatic heterocycles. The second-order valence-electron chi connectivity index (χ2n) is 5.28. The number of aromatic nitrogens is 4. The van der Waals surface area contributed by atoms with Crippen LogP contribution in [0.4, 0.5) is 5.69 Å². The summed E-state index contributed by atoms with van der Waals surface area (Å²) in [5, 5.41) is 5.32. The lowest BCUT2D eigenvalue weighted by Gasteiger charge is -2.04. The molecule has 3 heterocycles. The molecule has 5 heteroatoms. The molecule has 1 aromatic carbocycles.